The van der Waals surface area contributed by atoms with Crippen molar-refractivity contribution in [2.24, 2.45) is 0 Å². The molecule has 0 heterocycles. The summed E-state index contributed by atoms with van der Waals surface area (Å²) in [6, 6.07) is 4.86. The van der Waals surface area contributed by atoms with Crippen LogP contribution in [0.25, 0.3) is 0 Å². The Hall–Kier alpha value is -1.19. The minimum absolute atomic E-state index is 0.285. The first-order valence-electron chi connectivity index (χ1n) is 4.67. The van der Waals surface area contributed by atoms with Gasteiger partial charge in [-0.3, -0.25) is 4.79 Å². The number of benzene rings is 1. The highest BCUT2D eigenvalue weighted by atomic mass is 35.5. The largest absolute Gasteiger partial charge is 0.501 e. The van der Waals surface area contributed by atoms with E-state index in [1.165, 1.54) is 12.3 Å². The molecule has 0 aromatic heterocycles. The second-order valence-electron chi connectivity index (χ2n) is 2.88. The molecule has 86 valence electrons. The zero-order valence-corrected chi connectivity index (χ0v) is 10.2. The van der Waals surface area contributed by atoms with Crippen molar-refractivity contribution in [1.82, 2.24) is 0 Å². The van der Waals surface area contributed by atoms with Crippen LogP contribution in [0.4, 0.5) is 5.69 Å². The van der Waals surface area contributed by atoms with Gasteiger partial charge in [0.25, 0.3) is 5.91 Å². The molecule has 0 radical (unpaired) electrons. The number of amides is 1. The molecule has 1 aromatic rings. The van der Waals surface area contributed by atoms with Gasteiger partial charge >= 0.3 is 0 Å². The molecule has 1 aromatic carbocycles. The van der Waals surface area contributed by atoms with E-state index in [1.54, 1.807) is 18.2 Å². The first-order chi connectivity index (χ1) is 7.63. The third kappa shape index (κ3) is 4.13. The van der Waals surface area contributed by atoms with Gasteiger partial charge in [0, 0.05) is 11.8 Å². The van der Waals surface area contributed by atoms with Gasteiger partial charge in [0.2, 0.25) is 0 Å². The van der Waals surface area contributed by atoms with Crippen LogP contribution >= 0.6 is 23.2 Å². The molecule has 0 spiro atoms. The van der Waals surface area contributed by atoms with Gasteiger partial charge in [-0.25, -0.2) is 0 Å². The van der Waals surface area contributed by atoms with Crippen LogP contribution in [-0.2, 0) is 9.53 Å². The van der Waals surface area contributed by atoms with E-state index >= 15 is 0 Å². The number of nitrogens with one attached hydrogen (secondary N) is 1. The predicted octanol–water partition coefficient (Wildman–Crippen LogP) is 3.48. The van der Waals surface area contributed by atoms with E-state index in [2.05, 4.69) is 5.32 Å². The van der Waals surface area contributed by atoms with Crippen molar-refractivity contribution in [2.75, 3.05) is 11.9 Å². The van der Waals surface area contributed by atoms with Gasteiger partial charge in [0.15, 0.2) is 0 Å². The number of halogens is 2. The minimum Gasteiger partial charge on any atom is -0.501 e. The Kier molecular flexibility index (Phi) is 5.15. The molecule has 0 unspecified atom stereocenters. The van der Waals surface area contributed by atoms with Gasteiger partial charge < -0.3 is 10.1 Å². The fraction of sp³-hybridized carbons (Fsp3) is 0.182. The first kappa shape index (κ1) is 12.9. The monoisotopic (exact) mass is 259 g/mol. The lowest BCUT2D eigenvalue weighted by molar-refractivity contribution is -0.112. The normalized spacial score (nSPS) is 10.4. The fourth-order valence-corrected chi connectivity index (χ4v) is 1.26. The smallest absolute Gasteiger partial charge is 0.251 e. The van der Waals surface area contributed by atoms with Gasteiger partial charge in [0.05, 0.1) is 22.9 Å². The highest BCUT2D eigenvalue weighted by Gasteiger charge is 2.01. The summed E-state index contributed by atoms with van der Waals surface area (Å²) in [6.07, 6.45) is 2.64. The van der Waals surface area contributed by atoms with Crippen LogP contribution in [-0.4, -0.2) is 12.5 Å². The third-order valence-corrected chi connectivity index (χ3v) is 2.41. The van der Waals surface area contributed by atoms with Crippen molar-refractivity contribution in [2.45, 2.75) is 6.92 Å². The summed E-state index contributed by atoms with van der Waals surface area (Å²) in [5.74, 6) is -0.285. The number of hydrogen-bond acceptors (Lipinski definition) is 2. The van der Waals surface area contributed by atoms with Crippen LogP contribution in [0.5, 0.6) is 0 Å². The molecule has 1 amide bonds. The van der Waals surface area contributed by atoms with E-state index in [-0.39, 0.29) is 5.91 Å². The summed E-state index contributed by atoms with van der Waals surface area (Å²) in [5.41, 5.74) is 0.584. The summed E-state index contributed by atoms with van der Waals surface area (Å²) in [5, 5.41) is 3.47. The zero-order chi connectivity index (χ0) is 12.0. The number of anilines is 1. The highest BCUT2D eigenvalue weighted by molar-refractivity contribution is 6.42. The van der Waals surface area contributed by atoms with Gasteiger partial charge in [-0.2, -0.15) is 0 Å². The van der Waals surface area contributed by atoms with Crippen LogP contribution < -0.4 is 5.32 Å². The highest BCUT2D eigenvalue weighted by Crippen LogP contribution is 2.24. The average molecular weight is 260 g/mol. The second-order valence-corrected chi connectivity index (χ2v) is 3.69. The van der Waals surface area contributed by atoms with Crippen LogP contribution in [0.1, 0.15) is 6.92 Å². The summed E-state index contributed by atoms with van der Waals surface area (Å²) >= 11 is 11.5. The maximum Gasteiger partial charge on any atom is 0.251 e. The summed E-state index contributed by atoms with van der Waals surface area (Å²) in [7, 11) is 0. The molecule has 0 fully saturated rings. The molecule has 0 aliphatic rings. The molecule has 3 nitrogen and oxygen atoms in total. The number of ether oxygens (including phenoxy) is 1. The molecule has 0 saturated heterocycles. The van der Waals surface area contributed by atoms with Crippen molar-refractivity contribution in [3.63, 3.8) is 0 Å². The zero-order valence-electron chi connectivity index (χ0n) is 8.67. The van der Waals surface area contributed by atoms with Gasteiger partial charge in [0.1, 0.15) is 0 Å². The Bertz CT molecular complexity index is 405. The van der Waals surface area contributed by atoms with Gasteiger partial charge in [-0.05, 0) is 25.1 Å². The Morgan fingerprint density at radius 3 is 2.81 bits per heavy atom. The molecule has 5 heteroatoms. The van der Waals surface area contributed by atoms with E-state index in [4.69, 9.17) is 27.9 Å². The van der Waals surface area contributed by atoms with E-state index in [9.17, 15) is 4.79 Å². The number of rotatable bonds is 4. The summed E-state index contributed by atoms with van der Waals surface area (Å²) < 4.78 is 4.90. The molecule has 0 saturated carbocycles. The average Bonchev–Trinajstić information content (AvgIpc) is 2.24. The maximum absolute atomic E-state index is 11.3. The summed E-state index contributed by atoms with van der Waals surface area (Å²) in [4.78, 5) is 11.3. The van der Waals surface area contributed by atoms with Crippen molar-refractivity contribution in [3.05, 3.63) is 40.6 Å². The predicted molar refractivity (Wildman–Crippen MR) is 65.9 cm³/mol. The van der Waals surface area contributed by atoms with Crippen molar-refractivity contribution < 1.29 is 9.53 Å². The number of carbonyl (C=O) groups excluding carboxylic acids is 1. The molecule has 0 bridgehead atoms. The Balaban J connectivity index is 2.59. The van der Waals surface area contributed by atoms with Crippen molar-refractivity contribution in [3.8, 4) is 0 Å². The van der Waals surface area contributed by atoms with Crippen LogP contribution in [0.3, 0.4) is 0 Å². The second kappa shape index (κ2) is 6.40. The number of hydrogen-bond donors (Lipinski definition) is 1. The lowest BCUT2D eigenvalue weighted by Gasteiger charge is -2.03. The molecule has 0 aliphatic heterocycles. The van der Waals surface area contributed by atoms with Crippen LogP contribution in [0.2, 0.25) is 10.0 Å². The van der Waals surface area contributed by atoms with E-state index in [0.29, 0.717) is 22.3 Å². The standard InChI is InChI=1S/C11H11Cl2NO2/c1-2-16-6-5-11(15)14-8-3-4-9(12)10(13)7-8/h3-7H,2H2,1H3,(H,14,15). The molecular weight excluding hydrogens is 249 g/mol. The molecule has 0 atom stereocenters. The number of carbonyl (C=O) groups is 1. The van der Waals surface area contributed by atoms with Crippen LogP contribution in [0, 0.1) is 0 Å². The SMILES string of the molecule is CCOC=CC(=O)Nc1ccc(Cl)c(Cl)c1. The maximum atomic E-state index is 11.3. The van der Waals surface area contributed by atoms with Gasteiger partial charge in [-0.15, -0.1) is 0 Å². The summed E-state index contributed by atoms with van der Waals surface area (Å²) in [6.45, 7) is 2.36. The van der Waals surface area contributed by atoms with Gasteiger partial charge in [-0.1, -0.05) is 23.2 Å². The molecule has 1 N–H and O–H groups in total. The Labute approximate surface area is 104 Å². The molecule has 1 rings (SSSR count). The fourth-order valence-electron chi connectivity index (χ4n) is 0.964. The Morgan fingerprint density at radius 1 is 1.44 bits per heavy atom. The molecule has 16 heavy (non-hydrogen) atoms. The minimum atomic E-state index is -0.285. The topological polar surface area (TPSA) is 38.3 Å². The van der Waals surface area contributed by atoms with Crippen molar-refractivity contribution in [1.29, 1.82) is 0 Å². The lowest BCUT2D eigenvalue weighted by atomic mass is 10.3. The Morgan fingerprint density at radius 2 is 2.19 bits per heavy atom. The van der Waals surface area contributed by atoms with E-state index in [1.807, 2.05) is 6.92 Å². The van der Waals surface area contributed by atoms with Crippen molar-refractivity contribution >= 4 is 34.8 Å². The quantitative estimate of drug-likeness (QED) is 0.664. The molecule has 0 aliphatic carbocycles. The molecular formula is C11H11Cl2NO2. The lowest BCUT2D eigenvalue weighted by Crippen LogP contribution is -2.07. The van der Waals surface area contributed by atoms with E-state index < -0.39 is 0 Å². The van der Waals surface area contributed by atoms with E-state index in [0.717, 1.165) is 0 Å². The van der Waals surface area contributed by atoms with Crippen LogP contribution in [0.15, 0.2) is 30.5 Å². The first-order valence-corrected chi connectivity index (χ1v) is 5.43. The third-order valence-electron chi connectivity index (χ3n) is 1.67.